The molecule has 1 amide bonds. The van der Waals surface area contributed by atoms with E-state index in [0.29, 0.717) is 12.1 Å². The Morgan fingerprint density at radius 2 is 2.18 bits per heavy atom. The van der Waals surface area contributed by atoms with E-state index in [-0.39, 0.29) is 11.9 Å². The van der Waals surface area contributed by atoms with Gasteiger partial charge in [-0.15, -0.1) is 0 Å². The van der Waals surface area contributed by atoms with Crippen LogP contribution in [0.1, 0.15) is 25.8 Å². The number of nitrogens with one attached hydrogen (secondary N) is 1. The van der Waals surface area contributed by atoms with Gasteiger partial charge in [0.2, 0.25) is 5.91 Å². The van der Waals surface area contributed by atoms with Crippen LogP contribution in [-0.4, -0.2) is 54.6 Å². The molecule has 1 unspecified atom stereocenters. The van der Waals surface area contributed by atoms with Gasteiger partial charge in [-0.05, 0) is 25.5 Å². The van der Waals surface area contributed by atoms with Crippen molar-refractivity contribution in [2.24, 2.45) is 0 Å². The number of hydrogen-bond acceptors (Lipinski definition) is 5. The van der Waals surface area contributed by atoms with Gasteiger partial charge >= 0.3 is 0 Å². The summed E-state index contributed by atoms with van der Waals surface area (Å²) in [6.07, 6.45) is 2.65. The van der Waals surface area contributed by atoms with Crippen LogP contribution in [0.25, 0.3) is 0 Å². The van der Waals surface area contributed by atoms with E-state index in [0.717, 1.165) is 38.4 Å². The molecule has 0 bridgehead atoms. The molecule has 1 saturated heterocycles. The molecule has 22 heavy (non-hydrogen) atoms. The Hall–Kier alpha value is -2.13. The van der Waals surface area contributed by atoms with Crippen LogP contribution >= 0.6 is 0 Å². The minimum absolute atomic E-state index is 0.0818. The molecule has 1 aliphatic heterocycles. The average molecular weight is 301 g/mol. The van der Waals surface area contributed by atoms with Gasteiger partial charge in [0, 0.05) is 38.4 Å². The molecule has 118 valence electrons. The third-order valence-corrected chi connectivity index (χ3v) is 3.97. The number of carbonyl (C=O) groups is 1. The maximum atomic E-state index is 11.9. The topological polar surface area (TPSA) is 72.3 Å². The zero-order valence-electron chi connectivity index (χ0n) is 13.2. The van der Waals surface area contributed by atoms with Crippen LogP contribution in [0.2, 0.25) is 0 Å². The van der Waals surface area contributed by atoms with Crippen LogP contribution in [0.4, 0.5) is 5.82 Å². The molecule has 6 nitrogen and oxygen atoms in total. The molecule has 0 aromatic carbocycles. The van der Waals surface area contributed by atoms with Gasteiger partial charge in [-0.3, -0.25) is 9.69 Å². The summed E-state index contributed by atoms with van der Waals surface area (Å²) in [5.74, 6) is 0.826. The van der Waals surface area contributed by atoms with Crippen LogP contribution in [0, 0.1) is 11.3 Å². The molecule has 0 spiro atoms. The number of pyridine rings is 1. The minimum atomic E-state index is 0.0818. The van der Waals surface area contributed by atoms with Gasteiger partial charge in [-0.2, -0.15) is 5.26 Å². The largest absolute Gasteiger partial charge is 0.353 e. The lowest BCUT2D eigenvalue weighted by atomic mass is 10.2. The summed E-state index contributed by atoms with van der Waals surface area (Å²) in [6.45, 7) is 7.67. The first-order chi connectivity index (χ1) is 10.6. The summed E-state index contributed by atoms with van der Waals surface area (Å²) >= 11 is 0. The zero-order valence-corrected chi connectivity index (χ0v) is 13.2. The van der Waals surface area contributed by atoms with E-state index < -0.39 is 0 Å². The summed E-state index contributed by atoms with van der Waals surface area (Å²) in [7, 11) is 0. The quantitative estimate of drug-likeness (QED) is 0.878. The highest BCUT2D eigenvalue weighted by Gasteiger charge is 2.21. The predicted octanol–water partition coefficient (Wildman–Crippen LogP) is 0.990. The molecule has 1 aromatic heterocycles. The van der Waals surface area contributed by atoms with Crippen molar-refractivity contribution >= 4 is 11.7 Å². The van der Waals surface area contributed by atoms with Gasteiger partial charge < -0.3 is 10.2 Å². The Balaban J connectivity index is 1.86. The standard InChI is InChI=1S/C16H23N5O/c1-3-13(2)19-15(22)12-20-7-9-21(10-8-20)16-14(11-17)5-4-6-18-16/h4-6,13H,3,7-10,12H2,1-2H3,(H,19,22). The van der Waals surface area contributed by atoms with Gasteiger partial charge in [0.25, 0.3) is 0 Å². The highest BCUT2D eigenvalue weighted by molar-refractivity contribution is 5.78. The summed E-state index contributed by atoms with van der Waals surface area (Å²) in [6, 6.07) is 5.97. The van der Waals surface area contributed by atoms with Gasteiger partial charge in [-0.25, -0.2) is 4.98 Å². The Kier molecular flexibility index (Phi) is 5.73. The number of nitriles is 1. The van der Waals surface area contributed by atoms with Crippen molar-refractivity contribution in [2.45, 2.75) is 26.3 Å². The zero-order chi connectivity index (χ0) is 15.9. The summed E-state index contributed by atoms with van der Waals surface area (Å²) in [5.41, 5.74) is 0.602. The maximum absolute atomic E-state index is 11.9. The number of hydrogen-bond donors (Lipinski definition) is 1. The van der Waals surface area contributed by atoms with Crippen molar-refractivity contribution in [1.82, 2.24) is 15.2 Å². The van der Waals surface area contributed by atoms with Crippen molar-refractivity contribution in [1.29, 1.82) is 5.26 Å². The van der Waals surface area contributed by atoms with E-state index in [1.807, 2.05) is 6.92 Å². The monoisotopic (exact) mass is 301 g/mol. The van der Waals surface area contributed by atoms with Crippen LogP contribution in [0.3, 0.4) is 0 Å². The lowest BCUT2D eigenvalue weighted by Crippen LogP contribution is -2.50. The fourth-order valence-electron chi connectivity index (χ4n) is 2.48. The van der Waals surface area contributed by atoms with E-state index in [1.54, 1.807) is 18.3 Å². The first-order valence-electron chi connectivity index (χ1n) is 7.75. The van der Waals surface area contributed by atoms with Crippen LogP contribution in [0.15, 0.2) is 18.3 Å². The van der Waals surface area contributed by atoms with E-state index in [4.69, 9.17) is 5.26 Å². The van der Waals surface area contributed by atoms with E-state index in [1.165, 1.54) is 0 Å². The molecule has 1 fully saturated rings. The molecule has 2 heterocycles. The molecule has 2 rings (SSSR count). The van der Waals surface area contributed by atoms with Gasteiger partial charge in [0.1, 0.15) is 11.9 Å². The summed E-state index contributed by atoms with van der Waals surface area (Å²) < 4.78 is 0. The van der Waals surface area contributed by atoms with Gasteiger partial charge in [0.05, 0.1) is 12.1 Å². The van der Waals surface area contributed by atoms with Crippen LogP contribution < -0.4 is 10.2 Å². The molecule has 0 aliphatic carbocycles. The van der Waals surface area contributed by atoms with E-state index in [9.17, 15) is 4.79 Å². The van der Waals surface area contributed by atoms with E-state index in [2.05, 4.69) is 33.1 Å². The highest BCUT2D eigenvalue weighted by atomic mass is 16.2. The van der Waals surface area contributed by atoms with Crippen LogP contribution in [0.5, 0.6) is 0 Å². The highest BCUT2D eigenvalue weighted by Crippen LogP contribution is 2.17. The van der Waals surface area contributed by atoms with Crippen molar-refractivity contribution in [3.05, 3.63) is 23.9 Å². The molecule has 1 aromatic rings. The number of nitrogens with zero attached hydrogens (tertiary/aromatic N) is 4. The molecular formula is C16H23N5O. The number of amides is 1. The number of anilines is 1. The second-order valence-electron chi connectivity index (χ2n) is 5.63. The third-order valence-electron chi connectivity index (χ3n) is 3.97. The fourth-order valence-corrected chi connectivity index (χ4v) is 2.48. The van der Waals surface area contributed by atoms with Crippen molar-refractivity contribution < 1.29 is 4.79 Å². The van der Waals surface area contributed by atoms with Crippen molar-refractivity contribution in [3.63, 3.8) is 0 Å². The van der Waals surface area contributed by atoms with Crippen LogP contribution in [-0.2, 0) is 4.79 Å². The SMILES string of the molecule is CCC(C)NC(=O)CN1CCN(c2ncccc2C#N)CC1. The number of aromatic nitrogens is 1. The van der Waals surface area contributed by atoms with Gasteiger partial charge in [-0.1, -0.05) is 6.92 Å². The smallest absolute Gasteiger partial charge is 0.234 e. The van der Waals surface area contributed by atoms with Crippen molar-refractivity contribution in [3.8, 4) is 6.07 Å². The Morgan fingerprint density at radius 1 is 1.45 bits per heavy atom. The number of carbonyl (C=O) groups excluding carboxylic acids is 1. The fraction of sp³-hybridized carbons (Fsp3) is 0.562. The second-order valence-corrected chi connectivity index (χ2v) is 5.63. The lowest BCUT2D eigenvalue weighted by molar-refractivity contribution is -0.122. The Labute approximate surface area is 131 Å². The molecule has 1 aliphatic rings. The third kappa shape index (κ3) is 4.18. The first kappa shape index (κ1) is 16.2. The normalized spacial score (nSPS) is 16.9. The summed E-state index contributed by atoms with van der Waals surface area (Å²) in [5, 5.41) is 12.1. The summed E-state index contributed by atoms with van der Waals surface area (Å²) in [4.78, 5) is 20.5. The lowest BCUT2D eigenvalue weighted by Gasteiger charge is -2.35. The Bertz CT molecular complexity index is 546. The molecule has 0 saturated carbocycles. The van der Waals surface area contributed by atoms with Gasteiger partial charge in [0.15, 0.2) is 0 Å². The van der Waals surface area contributed by atoms with Crippen molar-refractivity contribution in [2.75, 3.05) is 37.6 Å². The average Bonchev–Trinajstić information content (AvgIpc) is 2.55. The Morgan fingerprint density at radius 3 is 2.82 bits per heavy atom. The molecule has 1 atom stereocenters. The number of rotatable bonds is 5. The number of piperazine rings is 1. The molecule has 0 radical (unpaired) electrons. The maximum Gasteiger partial charge on any atom is 0.234 e. The molecule has 1 N–H and O–H groups in total. The second kappa shape index (κ2) is 7.76. The molecule has 6 heteroatoms. The molecular weight excluding hydrogens is 278 g/mol. The predicted molar refractivity (Wildman–Crippen MR) is 85.5 cm³/mol. The first-order valence-corrected chi connectivity index (χ1v) is 7.75. The van der Waals surface area contributed by atoms with E-state index >= 15 is 0 Å². The minimum Gasteiger partial charge on any atom is -0.353 e.